The van der Waals surface area contributed by atoms with Crippen LogP contribution in [-0.2, 0) is 0 Å². The molecule has 0 saturated carbocycles. The van der Waals surface area contributed by atoms with Crippen molar-refractivity contribution in [2.75, 3.05) is 0 Å². The van der Waals surface area contributed by atoms with E-state index in [9.17, 15) is 0 Å². The first-order valence-corrected chi connectivity index (χ1v) is 2.58. The van der Waals surface area contributed by atoms with Crippen molar-refractivity contribution in [2.45, 2.75) is 0 Å². The minimum Gasteiger partial charge on any atom is -0.428 e. The summed E-state index contributed by atoms with van der Waals surface area (Å²) in [5.74, 6) is 0. The van der Waals surface area contributed by atoms with Gasteiger partial charge in [0.2, 0.25) is 0 Å². The Morgan fingerprint density at radius 1 is 1.44 bits per heavy atom. The third-order valence-electron chi connectivity index (χ3n) is 0.803. The van der Waals surface area contributed by atoms with Gasteiger partial charge in [-0.3, -0.25) is 0 Å². The van der Waals surface area contributed by atoms with E-state index < -0.39 is 0 Å². The van der Waals surface area contributed by atoms with E-state index in [0.717, 1.165) is 4.73 Å². The van der Waals surface area contributed by atoms with Crippen molar-refractivity contribution < 1.29 is 34.8 Å². The van der Waals surface area contributed by atoms with Crippen LogP contribution >= 0.6 is 12.2 Å². The molecule has 0 amide bonds. The van der Waals surface area contributed by atoms with Gasteiger partial charge in [0, 0.05) is 6.20 Å². The minimum absolute atomic E-state index is 0. The van der Waals surface area contributed by atoms with Gasteiger partial charge in [-0.1, -0.05) is 18.3 Å². The first-order valence-electron chi connectivity index (χ1n) is 2.17. The summed E-state index contributed by atoms with van der Waals surface area (Å²) in [4.78, 5) is 0. The molecule has 0 bridgehead atoms. The fraction of sp³-hybridized carbons (Fsp3) is 0. The molecule has 42 valence electrons. The largest absolute Gasteiger partial charge is 1.00 e. The summed E-state index contributed by atoms with van der Waals surface area (Å²) in [5, 5.41) is 8.73. The number of rotatable bonds is 0. The van der Waals surface area contributed by atoms with E-state index in [1.165, 1.54) is 6.20 Å². The molecule has 0 atom stereocenters. The molecular formula is C5H5NNaOS+. The molecule has 0 unspecified atom stereocenters. The monoisotopic (exact) mass is 150 g/mol. The Hall–Kier alpha value is 0.170. The Bertz CT molecular complexity index is 234. The van der Waals surface area contributed by atoms with Crippen LogP contribution in [0.4, 0.5) is 0 Å². The van der Waals surface area contributed by atoms with E-state index in [1.54, 1.807) is 18.2 Å². The molecule has 1 rings (SSSR count). The summed E-state index contributed by atoms with van der Waals surface area (Å²) >= 11 is 4.67. The zero-order chi connectivity index (χ0) is 5.98. The van der Waals surface area contributed by atoms with Crippen LogP contribution in [0.15, 0.2) is 24.4 Å². The molecule has 0 aliphatic heterocycles. The van der Waals surface area contributed by atoms with Crippen molar-refractivity contribution in [3.05, 3.63) is 29.0 Å². The second-order valence-corrected chi connectivity index (χ2v) is 1.80. The summed E-state index contributed by atoms with van der Waals surface area (Å²) in [7, 11) is 0. The number of nitrogens with zero attached hydrogens (tertiary/aromatic N) is 1. The molecule has 0 aliphatic carbocycles. The minimum atomic E-state index is 0. The maximum absolute atomic E-state index is 8.73. The second-order valence-electron chi connectivity index (χ2n) is 1.38. The van der Waals surface area contributed by atoms with Gasteiger partial charge in [0.1, 0.15) is 4.64 Å². The van der Waals surface area contributed by atoms with Gasteiger partial charge < -0.3 is 5.21 Å². The van der Waals surface area contributed by atoms with Gasteiger partial charge in [-0.25, -0.2) is 0 Å². The fourth-order valence-electron chi connectivity index (χ4n) is 0.419. The quantitative estimate of drug-likeness (QED) is 0.275. The molecule has 1 aromatic heterocycles. The van der Waals surface area contributed by atoms with E-state index in [0.29, 0.717) is 4.64 Å². The van der Waals surface area contributed by atoms with Crippen LogP contribution in [0.3, 0.4) is 0 Å². The van der Waals surface area contributed by atoms with Crippen molar-refractivity contribution in [3.63, 3.8) is 0 Å². The summed E-state index contributed by atoms with van der Waals surface area (Å²) < 4.78 is 1.32. The summed E-state index contributed by atoms with van der Waals surface area (Å²) in [6.07, 6.45) is 1.49. The molecule has 1 N–H and O–H groups in total. The van der Waals surface area contributed by atoms with E-state index in [2.05, 4.69) is 12.2 Å². The van der Waals surface area contributed by atoms with E-state index in [1.807, 2.05) is 0 Å². The predicted molar refractivity (Wildman–Crippen MR) is 32.5 cm³/mol. The van der Waals surface area contributed by atoms with E-state index >= 15 is 0 Å². The third-order valence-corrected chi connectivity index (χ3v) is 1.13. The average Bonchev–Trinajstić information content (AvgIpc) is 1.77. The van der Waals surface area contributed by atoms with Crippen molar-refractivity contribution in [1.82, 2.24) is 4.73 Å². The van der Waals surface area contributed by atoms with Gasteiger partial charge in [0.15, 0.2) is 0 Å². The zero-order valence-electron chi connectivity index (χ0n) is 5.11. The summed E-state index contributed by atoms with van der Waals surface area (Å²) in [5.41, 5.74) is 0. The summed E-state index contributed by atoms with van der Waals surface area (Å²) in [6, 6.07) is 5.13. The molecule has 2 nitrogen and oxygen atoms in total. The van der Waals surface area contributed by atoms with Crippen molar-refractivity contribution in [2.24, 2.45) is 0 Å². The Labute approximate surface area is 80.4 Å². The Morgan fingerprint density at radius 3 is 2.44 bits per heavy atom. The van der Waals surface area contributed by atoms with E-state index in [-0.39, 0.29) is 29.6 Å². The first-order chi connectivity index (χ1) is 3.80. The van der Waals surface area contributed by atoms with Gasteiger partial charge in [-0.05, 0) is 12.1 Å². The summed E-state index contributed by atoms with van der Waals surface area (Å²) in [6.45, 7) is 0. The Kier molecular flexibility index (Phi) is 4.14. The third kappa shape index (κ3) is 2.49. The molecule has 0 fully saturated rings. The number of hydrogen-bond acceptors (Lipinski definition) is 2. The SMILES string of the molecule is On1ccccc1=S.[Na+]. The number of pyridine rings is 1. The Morgan fingerprint density at radius 2 is 2.11 bits per heavy atom. The molecule has 0 spiro atoms. The molecule has 0 saturated heterocycles. The van der Waals surface area contributed by atoms with Crippen molar-refractivity contribution in [1.29, 1.82) is 0 Å². The molecular weight excluding hydrogens is 145 g/mol. The Balaban J connectivity index is 0.000000640. The van der Waals surface area contributed by atoms with Gasteiger partial charge in [0.25, 0.3) is 0 Å². The smallest absolute Gasteiger partial charge is 0.428 e. The van der Waals surface area contributed by atoms with Gasteiger partial charge in [-0.15, -0.1) is 0 Å². The predicted octanol–water partition coefficient (Wildman–Crippen LogP) is -1.54. The normalized spacial score (nSPS) is 8.00. The first kappa shape index (κ1) is 9.17. The van der Waals surface area contributed by atoms with Crippen LogP contribution in [0.1, 0.15) is 0 Å². The van der Waals surface area contributed by atoms with Gasteiger partial charge >= 0.3 is 29.6 Å². The topological polar surface area (TPSA) is 25.2 Å². The average molecular weight is 150 g/mol. The molecule has 1 aromatic rings. The molecule has 4 heteroatoms. The molecule has 9 heavy (non-hydrogen) atoms. The fourth-order valence-corrected chi connectivity index (χ4v) is 0.558. The van der Waals surface area contributed by atoms with Crippen LogP contribution in [0.2, 0.25) is 0 Å². The standard InChI is InChI=1S/C5H5NOS.Na/c7-6-4-2-1-3-5(6)8;/h1-4,7H;/q;+1. The maximum atomic E-state index is 8.73. The van der Waals surface area contributed by atoms with Gasteiger partial charge in [0.05, 0.1) is 0 Å². The molecule has 0 radical (unpaired) electrons. The number of hydrogen-bond donors (Lipinski definition) is 1. The van der Waals surface area contributed by atoms with Crippen LogP contribution in [0.5, 0.6) is 0 Å². The van der Waals surface area contributed by atoms with Crippen molar-refractivity contribution in [3.8, 4) is 0 Å². The zero-order valence-corrected chi connectivity index (χ0v) is 7.93. The molecule has 0 aliphatic rings. The van der Waals surface area contributed by atoms with Crippen LogP contribution in [0.25, 0.3) is 0 Å². The molecule has 1 heterocycles. The van der Waals surface area contributed by atoms with Crippen LogP contribution in [-0.4, -0.2) is 9.94 Å². The maximum Gasteiger partial charge on any atom is 1.00 e. The van der Waals surface area contributed by atoms with E-state index in [4.69, 9.17) is 5.21 Å². The van der Waals surface area contributed by atoms with Crippen LogP contribution < -0.4 is 29.6 Å². The van der Waals surface area contributed by atoms with Crippen LogP contribution in [0, 0.1) is 4.64 Å². The van der Waals surface area contributed by atoms with Crippen molar-refractivity contribution >= 4 is 12.2 Å². The van der Waals surface area contributed by atoms with Gasteiger partial charge in [-0.2, -0.15) is 4.73 Å². The second kappa shape index (κ2) is 4.06. The number of aromatic nitrogens is 1. The molecule has 0 aromatic carbocycles.